The molecule has 1 fully saturated rings. The molecule has 1 aromatic carbocycles. The van der Waals surface area contributed by atoms with E-state index in [1.165, 1.54) is 11.3 Å². The SMILES string of the molecule is COc1ccc(C)c2c1c(C)c(C(=O)NC1CCN(C(C)C)CC1)n2Cc1cc(-c2ccc(Cl)s2)on1. The Bertz CT molecular complexity index is 1430. The molecule has 0 atom stereocenters. The number of nitrogens with zero attached hydrogens (tertiary/aromatic N) is 3. The van der Waals surface area contributed by atoms with Gasteiger partial charge >= 0.3 is 0 Å². The van der Waals surface area contributed by atoms with E-state index in [9.17, 15) is 4.79 Å². The summed E-state index contributed by atoms with van der Waals surface area (Å²) in [4.78, 5) is 17.2. The fourth-order valence-corrected chi connectivity index (χ4v) is 6.36. The Morgan fingerprint density at radius 2 is 2.00 bits per heavy atom. The largest absolute Gasteiger partial charge is 0.496 e. The van der Waals surface area contributed by atoms with Crippen LogP contribution in [0.3, 0.4) is 0 Å². The van der Waals surface area contributed by atoms with Crippen molar-refractivity contribution in [2.45, 2.75) is 59.2 Å². The predicted molar refractivity (Wildman–Crippen MR) is 149 cm³/mol. The smallest absolute Gasteiger partial charge is 0.268 e. The number of fused-ring (bicyclic) bond motifs is 1. The molecule has 5 rings (SSSR count). The third-order valence-electron chi connectivity index (χ3n) is 7.34. The molecule has 9 heteroatoms. The van der Waals surface area contributed by atoms with Crippen LogP contribution < -0.4 is 10.1 Å². The zero-order valence-electron chi connectivity index (χ0n) is 21.9. The van der Waals surface area contributed by atoms with E-state index in [2.05, 4.69) is 40.7 Å². The van der Waals surface area contributed by atoms with Crippen LogP contribution in [-0.2, 0) is 6.54 Å². The third-order valence-corrected chi connectivity index (χ3v) is 8.58. The molecule has 0 saturated carbocycles. The van der Waals surface area contributed by atoms with Gasteiger partial charge in [-0.1, -0.05) is 22.8 Å². The van der Waals surface area contributed by atoms with Gasteiger partial charge in [-0.25, -0.2) is 0 Å². The number of hydrogen-bond acceptors (Lipinski definition) is 6. The Balaban J connectivity index is 1.51. The van der Waals surface area contributed by atoms with Crippen LogP contribution >= 0.6 is 22.9 Å². The van der Waals surface area contributed by atoms with Crippen LogP contribution in [0, 0.1) is 13.8 Å². The van der Waals surface area contributed by atoms with Crippen LogP contribution in [0.1, 0.15) is 54.0 Å². The summed E-state index contributed by atoms with van der Waals surface area (Å²) in [6.07, 6.45) is 1.89. The van der Waals surface area contributed by atoms with Gasteiger partial charge in [-0.2, -0.15) is 0 Å². The first-order chi connectivity index (χ1) is 17.8. The molecular formula is C28H33ClN4O3S. The number of piperidine rings is 1. The quantitative estimate of drug-likeness (QED) is 0.298. The number of methoxy groups -OCH3 is 1. The monoisotopic (exact) mass is 540 g/mol. The summed E-state index contributed by atoms with van der Waals surface area (Å²) >= 11 is 7.56. The Morgan fingerprint density at radius 3 is 2.65 bits per heavy atom. The minimum Gasteiger partial charge on any atom is -0.496 e. The summed E-state index contributed by atoms with van der Waals surface area (Å²) in [6.45, 7) is 10.9. The van der Waals surface area contributed by atoms with Gasteiger partial charge in [0.25, 0.3) is 5.91 Å². The van der Waals surface area contributed by atoms with Crippen molar-refractivity contribution in [2.75, 3.05) is 20.2 Å². The van der Waals surface area contributed by atoms with Crippen LogP contribution in [0.5, 0.6) is 5.75 Å². The molecule has 0 spiro atoms. The van der Waals surface area contributed by atoms with E-state index < -0.39 is 0 Å². The van der Waals surface area contributed by atoms with E-state index in [-0.39, 0.29) is 11.9 Å². The summed E-state index contributed by atoms with van der Waals surface area (Å²) in [5, 5.41) is 8.61. The van der Waals surface area contributed by atoms with Gasteiger partial charge < -0.3 is 24.0 Å². The number of carbonyl (C=O) groups excluding carboxylic acids is 1. The minimum atomic E-state index is -0.0630. The van der Waals surface area contributed by atoms with Gasteiger partial charge in [0, 0.05) is 36.6 Å². The molecule has 0 radical (unpaired) electrons. The number of aryl methyl sites for hydroxylation is 2. The van der Waals surface area contributed by atoms with Gasteiger partial charge in [0.05, 0.1) is 28.4 Å². The maximum absolute atomic E-state index is 13.8. The molecular weight excluding hydrogens is 508 g/mol. The molecule has 4 aromatic rings. The molecule has 1 amide bonds. The Kier molecular flexibility index (Phi) is 7.34. The molecule has 1 saturated heterocycles. The van der Waals surface area contributed by atoms with Crippen molar-refractivity contribution >= 4 is 39.7 Å². The van der Waals surface area contributed by atoms with Crippen molar-refractivity contribution in [1.29, 1.82) is 0 Å². The summed E-state index contributed by atoms with van der Waals surface area (Å²) in [6, 6.07) is 10.4. The fraction of sp³-hybridized carbons (Fsp3) is 0.429. The van der Waals surface area contributed by atoms with E-state index in [0.29, 0.717) is 28.4 Å². The fourth-order valence-electron chi connectivity index (χ4n) is 5.37. The highest BCUT2D eigenvalue weighted by Gasteiger charge is 2.28. The second kappa shape index (κ2) is 10.5. The molecule has 196 valence electrons. The van der Waals surface area contributed by atoms with E-state index in [4.69, 9.17) is 20.9 Å². The Labute approximate surface area is 226 Å². The van der Waals surface area contributed by atoms with Crippen molar-refractivity contribution in [3.63, 3.8) is 0 Å². The molecule has 37 heavy (non-hydrogen) atoms. The first kappa shape index (κ1) is 25.8. The third kappa shape index (κ3) is 5.02. The van der Waals surface area contributed by atoms with Crippen molar-refractivity contribution in [2.24, 2.45) is 0 Å². The normalized spacial score (nSPS) is 15.1. The Morgan fingerprint density at radius 1 is 1.24 bits per heavy atom. The number of benzene rings is 1. The number of thiophene rings is 1. The minimum absolute atomic E-state index is 0.0630. The topological polar surface area (TPSA) is 72.5 Å². The number of carbonyl (C=O) groups is 1. The van der Waals surface area contributed by atoms with E-state index in [1.807, 2.05) is 37.3 Å². The highest BCUT2D eigenvalue weighted by atomic mass is 35.5. The molecule has 3 aromatic heterocycles. The summed E-state index contributed by atoms with van der Waals surface area (Å²) in [5.74, 6) is 1.36. The van der Waals surface area contributed by atoms with Crippen molar-refractivity contribution in [3.05, 3.63) is 57.2 Å². The summed E-state index contributed by atoms with van der Waals surface area (Å²) < 4.78 is 14.1. The summed E-state index contributed by atoms with van der Waals surface area (Å²) in [7, 11) is 1.67. The molecule has 1 aliphatic rings. The Hall–Kier alpha value is -2.81. The van der Waals surface area contributed by atoms with Crippen molar-refractivity contribution < 1.29 is 14.1 Å². The second-order valence-electron chi connectivity index (χ2n) is 10.0. The van der Waals surface area contributed by atoms with Crippen LogP contribution in [0.4, 0.5) is 0 Å². The lowest BCUT2D eigenvalue weighted by Gasteiger charge is -2.34. The number of hydrogen-bond donors (Lipinski definition) is 1. The molecule has 7 nitrogen and oxygen atoms in total. The second-order valence-corrected chi connectivity index (χ2v) is 11.7. The maximum Gasteiger partial charge on any atom is 0.268 e. The lowest BCUT2D eigenvalue weighted by molar-refractivity contribution is 0.0891. The lowest BCUT2D eigenvalue weighted by Crippen LogP contribution is -2.47. The number of amides is 1. The molecule has 1 N–H and O–H groups in total. The van der Waals surface area contributed by atoms with Crippen molar-refractivity contribution in [1.82, 2.24) is 19.9 Å². The van der Waals surface area contributed by atoms with Gasteiger partial charge in [0.2, 0.25) is 0 Å². The molecule has 0 aliphatic carbocycles. The average molecular weight is 541 g/mol. The molecule has 1 aliphatic heterocycles. The first-order valence-corrected chi connectivity index (χ1v) is 13.9. The van der Waals surface area contributed by atoms with Crippen molar-refractivity contribution in [3.8, 4) is 16.4 Å². The van der Waals surface area contributed by atoms with E-state index >= 15 is 0 Å². The number of ether oxygens (including phenoxy) is 1. The summed E-state index contributed by atoms with van der Waals surface area (Å²) in [5.41, 5.74) is 4.31. The number of halogens is 1. The first-order valence-electron chi connectivity index (χ1n) is 12.7. The molecule has 4 heterocycles. The zero-order valence-corrected chi connectivity index (χ0v) is 23.5. The van der Waals surface area contributed by atoms with Gasteiger partial charge in [0.1, 0.15) is 17.1 Å². The molecule has 0 bridgehead atoms. The highest BCUT2D eigenvalue weighted by Crippen LogP contribution is 2.37. The van der Waals surface area contributed by atoms with Gasteiger partial charge in [-0.05, 0) is 69.9 Å². The standard InChI is InChI=1S/C28H33ClN4O3S/c1-16(2)32-12-10-19(11-13-32)30-28(34)27-18(4)25-21(35-5)7-6-17(3)26(25)33(27)15-20-14-22(36-31-20)23-8-9-24(29)37-23/h6-9,14,16,19H,10-13,15H2,1-5H3,(H,30,34). The number of likely N-dealkylation sites (tertiary alicyclic amines) is 1. The van der Waals surface area contributed by atoms with E-state index in [1.54, 1.807) is 7.11 Å². The highest BCUT2D eigenvalue weighted by molar-refractivity contribution is 7.19. The van der Waals surface area contributed by atoms with Crippen LogP contribution in [0.25, 0.3) is 21.5 Å². The van der Waals surface area contributed by atoms with E-state index in [0.717, 1.165) is 64.3 Å². The lowest BCUT2D eigenvalue weighted by atomic mass is 10.0. The zero-order chi connectivity index (χ0) is 26.3. The number of rotatable bonds is 7. The van der Waals surface area contributed by atoms with Crippen LogP contribution in [0.2, 0.25) is 4.34 Å². The van der Waals surface area contributed by atoms with Gasteiger partial charge in [0.15, 0.2) is 5.76 Å². The number of aromatic nitrogens is 2. The number of nitrogens with one attached hydrogen (secondary N) is 1. The molecule has 0 unspecified atom stereocenters. The van der Waals surface area contributed by atoms with Gasteiger partial charge in [-0.15, -0.1) is 11.3 Å². The van der Waals surface area contributed by atoms with Crippen LogP contribution in [-0.4, -0.2) is 52.8 Å². The van der Waals surface area contributed by atoms with Gasteiger partial charge in [-0.3, -0.25) is 4.79 Å². The maximum atomic E-state index is 13.8. The average Bonchev–Trinajstić information content (AvgIpc) is 3.58. The van der Waals surface area contributed by atoms with Crippen LogP contribution in [0.15, 0.2) is 34.9 Å². The predicted octanol–water partition coefficient (Wildman–Crippen LogP) is 6.29.